The normalized spacial score (nSPS) is 14.9. The van der Waals surface area contributed by atoms with Gasteiger partial charge in [0, 0.05) is 25.8 Å². The van der Waals surface area contributed by atoms with Crippen molar-refractivity contribution in [3.63, 3.8) is 0 Å². The van der Waals surface area contributed by atoms with Crippen molar-refractivity contribution in [2.75, 3.05) is 25.0 Å². The van der Waals surface area contributed by atoms with Crippen molar-refractivity contribution in [3.8, 4) is 0 Å². The number of carbonyl (C=O) groups excluding carboxylic acids is 1. The Morgan fingerprint density at radius 1 is 1.33 bits per heavy atom. The highest BCUT2D eigenvalue weighted by atomic mass is 16.2. The van der Waals surface area contributed by atoms with Gasteiger partial charge >= 0.3 is 0 Å². The zero-order valence-corrected chi connectivity index (χ0v) is 13.8. The summed E-state index contributed by atoms with van der Waals surface area (Å²) in [7, 11) is 1.84. The van der Waals surface area contributed by atoms with E-state index in [0.29, 0.717) is 11.2 Å². The molecule has 1 aliphatic rings. The van der Waals surface area contributed by atoms with Crippen LogP contribution in [-0.2, 0) is 0 Å². The Morgan fingerprint density at radius 3 is 2.83 bits per heavy atom. The van der Waals surface area contributed by atoms with Gasteiger partial charge in [0.1, 0.15) is 12.1 Å². The molecule has 0 bridgehead atoms. The van der Waals surface area contributed by atoms with Gasteiger partial charge < -0.3 is 9.80 Å². The van der Waals surface area contributed by atoms with Gasteiger partial charge in [-0.05, 0) is 26.0 Å². The first-order chi connectivity index (χ1) is 11.5. The lowest BCUT2D eigenvalue weighted by molar-refractivity contribution is 0.0703. The lowest BCUT2D eigenvalue weighted by atomic mass is 10.1. The number of aromatic nitrogens is 6. The molecule has 0 unspecified atom stereocenters. The number of amides is 1. The topological polar surface area (TPSA) is 95.3 Å². The molecule has 1 amide bonds. The first kappa shape index (κ1) is 14.6. The van der Waals surface area contributed by atoms with Gasteiger partial charge in [-0.2, -0.15) is 9.61 Å². The maximum Gasteiger partial charge on any atom is 0.257 e. The highest BCUT2D eigenvalue weighted by molar-refractivity contribution is 5.96. The van der Waals surface area contributed by atoms with Crippen molar-refractivity contribution in [2.24, 2.45) is 0 Å². The van der Waals surface area contributed by atoms with E-state index in [1.54, 1.807) is 15.7 Å². The molecule has 1 N–H and O–H groups in total. The van der Waals surface area contributed by atoms with Gasteiger partial charge in [0.2, 0.25) is 0 Å². The molecule has 9 nitrogen and oxygen atoms in total. The molecular weight excluding hydrogens is 308 g/mol. The van der Waals surface area contributed by atoms with Gasteiger partial charge in [-0.25, -0.2) is 0 Å². The minimum atomic E-state index is 0.00520. The average molecular weight is 326 g/mol. The predicted octanol–water partition coefficient (Wildman–Crippen LogP) is 0.425. The van der Waals surface area contributed by atoms with Gasteiger partial charge in [0.15, 0.2) is 5.65 Å². The van der Waals surface area contributed by atoms with Crippen molar-refractivity contribution >= 4 is 17.4 Å². The lowest BCUT2D eigenvalue weighted by Gasteiger charge is -2.44. The van der Waals surface area contributed by atoms with Gasteiger partial charge in [0.25, 0.3) is 5.91 Å². The molecule has 3 aromatic heterocycles. The number of fused-ring (bicyclic) bond motifs is 1. The maximum absolute atomic E-state index is 12.7. The molecule has 1 saturated heterocycles. The fourth-order valence-corrected chi connectivity index (χ4v) is 2.98. The van der Waals surface area contributed by atoms with E-state index in [2.05, 4.69) is 30.4 Å². The second-order valence-corrected chi connectivity index (χ2v) is 6.11. The third-order valence-corrected chi connectivity index (χ3v) is 4.54. The van der Waals surface area contributed by atoms with Crippen LogP contribution in [0.2, 0.25) is 0 Å². The van der Waals surface area contributed by atoms with Crippen LogP contribution >= 0.6 is 0 Å². The molecule has 9 heteroatoms. The van der Waals surface area contributed by atoms with Crippen LogP contribution in [0.4, 0.5) is 5.82 Å². The molecule has 24 heavy (non-hydrogen) atoms. The molecule has 4 rings (SSSR count). The fourth-order valence-electron chi connectivity index (χ4n) is 2.98. The third-order valence-electron chi connectivity index (χ3n) is 4.54. The standard InChI is InChI=1S/C15H18N8O/c1-9-14(10(2)18-17-9)15(24)21(3)11-6-22(7-11)13-5-4-12-19-16-8-23(12)20-13/h4-5,8,11H,6-7H2,1-3H3,(H,17,18). The summed E-state index contributed by atoms with van der Waals surface area (Å²) >= 11 is 0. The van der Waals surface area contributed by atoms with E-state index in [9.17, 15) is 4.79 Å². The highest BCUT2D eigenvalue weighted by Crippen LogP contribution is 2.23. The SMILES string of the molecule is Cc1n[nH]c(C)c1C(=O)N(C)C1CN(c2ccc3nncn3n2)C1. The monoisotopic (exact) mass is 326 g/mol. The minimum Gasteiger partial charge on any atom is -0.351 e. The van der Waals surface area contributed by atoms with Crippen LogP contribution in [0.3, 0.4) is 0 Å². The van der Waals surface area contributed by atoms with Gasteiger partial charge in [-0.3, -0.25) is 9.89 Å². The van der Waals surface area contributed by atoms with Crippen LogP contribution in [-0.4, -0.2) is 67.0 Å². The molecule has 0 aromatic carbocycles. The van der Waals surface area contributed by atoms with E-state index in [4.69, 9.17) is 0 Å². The molecule has 0 radical (unpaired) electrons. The zero-order chi connectivity index (χ0) is 16.8. The summed E-state index contributed by atoms with van der Waals surface area (Å²) in [6, 6.07) is 3.96. The first-order valence-electron chi connectivity index (χ1n) is 7.75. The number of H-pyrrole nitrogens is 1. The van der Waals surface area contributed by atoms with Crippen LogP contribution < -0.4 is 4.90 Å². The molecular formula is C15H18N8O. The Labute approximate surface area is 138 Å². The van der Waals surface area contributed by atoms with Gasteiger partial charge in [-0.1, -0.05) is 0 Å². The van der Waals surface area contributed by atoms with Crippen LogP contribution in [0.25, 0.3) is 5.65 Å². The molecule has 0 atom stereocenters. The third kappa shape index (κ3) is 2.20. The molecule has 0 saturated carbocycles. The van der Waals surface area contributed by atoms with Crippen LogP contribution in [0, 0.1) is 13.8 Å². The Bertz CT molecular complexity index is 888. The van der Waals surface area contributed by atoms with E-state index < -0.39 is 0 Å². The molecule has 1 aliphatic heterocycles. The number of nitrogens with one attached hydrogen (secondary N) is 1. The first-order valence-corrected chi connectivity index (χ1v) is 7.75. The van der Waals surface area contributed by atoms with E-state index in [-0.39, 0.29) is 11.9 Å². The van der Waals surface area contributed by atoms with Crippen molar-refractivity contribution < 1.29 is 4.79 Å². The zero-order valence-electron chi connectivity index (χ0n) is 13.8. The predicted molar refractivity (Wildman–Crippen MR) is 86.9 cm³/mol. The number of aryl methyl sites for hydroxylation is 2. The van der Waals surface area contributed by atoms with Gasteiger partial charge in [-0.15, -0.1) is 15.3 Å². The Kier molecular flexibility index (Phi) is 3.22. The van der Waals surface area contributed by atoms with E-state index in [1.807, 2.05) is 33.0 Å². The van der Waals surface area contributed by atoms with Crippen LogP contribution in [0.15, 0.2) is 18.5 Å². The maximum atomic E-state index is 12.7. The average Bonchev–Trinajstić information content (AvgIpc) is 3.11. The summed E-state index contributed by atoms with van der Waals surface area (Å²) in [5.41, 5.74) is 2.93. The Hall–Kier alpha value is -2.97. The number of rotatable bonds is 3. The van der Waals surface area contributed by atoms with E-state index in [0.717, 1.165) is 30.3 Å². The van der Waals surface area contributed by atoms with E-state index >= 15 is 0 Å². The molecule has 124 valence electrons. The molecule has 0 spiro atoms. The van der Waals surface area contributed by atoms with Crippen LogP contribution in [0.1, 0.15) is 21.7 Å². The Balaban J connectivity index is 1.45. The number of nitrogens with zero attached hydrogens (tertiary/aromatic N) is 7. The van der Waals surface area contributed by atoms with Crippen molar-refractivity contribution in [3.05, 3.63) is 35.4 Å². The molecule has 4 heterocycles. The van der Waals surface area contributed by atoms with Crippen LogP contribution in [0.5, 0.6) is 0 Å². The number of anilines is 1. The summed E-state index contributed by atoms with van der Waals surface area (Å²) < 4.78 is 1.65. The smallest absolute Gasteiger partial charge is 0.257 e. The minimum absolute atomic E-state index is 0.00520. The number of carbonyl (C=O) groups is 1. The summed E-state index contributed by atoms with van der Waals surface area (Å²) in [5.74, 6) is 0.862. The fraction of sp³-hybridized carbons (Fsp3) is 0.400. The highest BCUT2D eigenvalue weighted by Gasteiger charge is 2.35. The summed E-state index contributed by atoms with van der Waals surface area (Å²) in [4.78, 5) is 16.6. The van der Waals surface area contributed by atoms with E-state index in [1.165, 1.54) is 0 Å². The number of hydrogen-bond donors (Lipinski definition) is 1. The van der Waals surface area contributed by atoms with Crippen molar-refractivity contribution in [1.29, 1.82) is 0 Å². The Morgan fingerprint density at radius 2 is 2.12 bits per heavy atom. The summed E-state index contributed by atoms with van der Waals surface area (Å²) in [5, 5.41) is 19.2. The molecule has 3 aromatic rings. The van der Waals surface area contributed by atoms with Crippen molar-refractivity contribution in [1.82, 2.24) is 34.9 Å². The second-order valence-electron chi connectivity index (χ2n) is 6.11. The number of aromatic amines is 1. The lowest BCUT2D eigenvalue weighted by Crippen LogP contribution is -2.60. The quantitative estimate of drug-likeness (QED) is 0.750. The molecule has 0 aliphatic carbocycles. The number of hydrogen-bond acceptors (Lipinski definition) is 6. The summed E-state index contributed by atoms with van der Waals surface area (Å²) in [6.07, 6.45) is 1.58. The van der Waals surface area contributed by atoms with Gasteiger partial charge in [0.05, 0.1) is 17.3 Å². The van der Waals surface area contributed by atoms with Crippen molar-refractivity contribution in [2.45, 2.75) is 19.9 Å². The largest absolute Gasteiger partial charge is 0.351 e. The summed E-state index contributed by atoms with van der Waals surface area (Å²) in [6.45, 7) is 5.21. The number of likely N-dealkylation sites (N-methyl/N-ethyl adjacent to an activating group) is 1. The second kappa shape index (κ2) is 5.29. The molecule has 1 fully saturated rings.